The first-order valence-electron chi connectivity index (χ1n) is 11.0. The van der Waals surface area contributed by atoms with Crippen LogP contribution in [-0.2, 0) is 26.2 Å². The summed E-state index contributed by atoms with van der Waals surface area (Å²) >= 11 is 3.32. The van der Waals surface area contributed by atoms with Gasteiger partial charge in [-0.2, -0.15) is 0 Å². The average Bonchev–Trinajstić information content (AvgIpc) is 2.77. The van der Waals surface area contributed by atoms with E-state index >= 15 is 0 Å². The maximum atomic E-state index is 13.5. The summed E-state index contributed by atoms with van der Waals surface area (Å²) in [6.07, 6.45) is 1.35. The third kappa shape index (κ3) is 8.09. The quantitative estimate of drug-likeness (QED) is 0.455. The van der Waals surface area contributed by atoms with Crippen molar-refractivity contribution in [3.8, 4) is 0 Å². The van der Waals surface area contributed by atoms with E-state index in [0.717, 1.165) is 15.0 Å². The number of carbonyl (C=O) groups excluding carboxylic acids is 2. The summed E-state index contributed by atoms with van der Waals surface area (Å²) < 4.78 is 40.3. The normalized spacial score (nSPS) is 12.3. The number of sulfonamides is 1. The maximum absolute atomic E-state index is 13.5. The summed E-state index contributed by atoms with van der Waals surface area (Å²) in [5.41, 5.74) is 0.956. The Morgan fingerprint density at radius 3 is 2.15 bits per heavy atom. The van der Waals surface area contributed by atoms with E-state index in [2.05, 4.69) is 21.2 Å². The standard InChI is InChI=1S/C24H31BrFN3O4S/c1-5-22(24(31)27-14-17(2)3)28(15-18-6-10-20(26)11-7-18)23(30)16-29(34(4,32)33)21-12-8-19(25)9-13-21/h6-13,17,22H,5,14-16H2,1-4H3,(H,27,31). The van der Waals surface area contributed by atoms with E-state index in [9.17, 15) is 22.4 Å². The first-order valence-corrected chi connectivity index (χ1v) is 13.6. The van der Waals surface area contributed by atoms with Crippen molar-refractivity contribution in [1.82, 2.24) is 10.2 Å². The van der Waals surface area contributed by atoms with Gasteiger partial charge >= 0.3 is 0 Å². The minimum absolute atomic E-state index is 0.0324. The van der Waals surface area contributed by atoms with E-state index < -0.39 is 34.3 Å². The molecule has 0 fully saturated rings. The lowest BCUT2D eigenvalue weighted by Crippen LogP contribution is -2.52. The Morgan fingerprint density at radius 2 is 1.65 bits per heavy atom. The van der Waals surface area contributed by atoms with Crippen LogP contribution >= 0.6 is 15.9 Å². The minimum atomic E-state index is -3.79. The van der Waals surface area contributed by atoms with Crippen molar-refractivity contribution in [2.45, 2.75) is 39.8 Å². The zero-order chi connectivity index (χ0) is 25.5. The van der Waals surface area contributed by atoms with E-state index in [1.807, 2.05) is 13.8 Å². The molecule has 0 saturated heterocycles. The summed E-state index contributed by atoms with van der Waals surface area (Å²) in [6.45, 7) is 5.71. The lowest BCUT2D eigenvalue weighted by molar-refractivity contribution is -0.140. The molecule has 1 atom stereocenters. The van der Waals surface area contributed by atoms with Gasteiger partial charge in [-0.15, -0.1) is 0 Å². The van der Waals surface area contributed by atoms with Crippen LogP contribution in [-0.4, -0.2) is 50.5 Å². The van der Waals surface area contributed by atoms with Crippen molar-refractivity contribution in [2.24, 2.45) is 5.92 Å². The number of benzene rings is 2. The molecule has 1 N–H and O–H groups in total. The molecule has 0 heterocycles. The zero-order valence-electron chi connectivity index (χ0n) is 19.8. The van der Waals surface area contributed by atoms with E-state index in [1.165, 1.54) is 29.2 Å². The first-order chi connectivity index (χ1) is 15.9. The third-order valence-corrected chi connectivity index (χ3v) is 6.80. The van der Waals surface area contributed by atoms with Crippen LogP contribution in [0.25, 0.3) is 0 Å². The molecule has 2 rings (SSSR count). The molecule has 1 unspecified atom stereocenters. The molecule has 10 heteroatoms. The number of amides is 2. The summed E-state index contributed by atoms with van der Waals surface area (Å²) in [6, 6.07) is 11.4. The van der Waals surface area contributed by atoms with Crippen molar-refractivity contribution in [2.75, 3.05) is 23.7 Å². The molecule has 2 amide bonds. The first kappa shape index (κ1) is 27.8. The number of carbonyl (C=O) groups is 2. The van der Waals surface area contributed by atoms with Gasteiger partial charge < -0.3 is 10.2 Å². The monoisotopic (exact) mass is 555 g/mol. The van der Waals surface area contributed by atoms with Crippen LogP contribution < -0.4 is 9.62 Å². The van der Waals surface area contributed by atoms with Gasteiger partial charge in [-0.3, -0.25) is 13.9 Å². The largest absolute Gasteiger partial charge is 0.354 e. The molecular weight excluding hydrogens is 525 g/mol. The summed E-state index contributed by atoms with van der Waals surface area (Å²) in [7, 11) is -3.79. The van der Waals surface area contributed by atoms with Crippen molar-refractivity contribution >= 4 is 43.5 Å². The highest BCUT2D eigenvalue weighted by atomic mass is 79.9. The minimum Gasteiger partial charge on any atom is -0.354 e. The summed E-state index contributed by atoms with van der Waals surface area (Å²) in [5.74, 6) is -1.05. The van der Waals surface area contributed by atoms with Crippen LogP contribution in [0, 0.1) is 11.7 Å². The second-order valence-electron chi connectivity index (χ2n) is 8.46. The molecule has 0 aromatic heterocycles. The highest BCUT2D eigenvalue weighted by Crippen LogP contribution is 2.22. The van der Waals surface area contributed by atoms with Crippen LogP contribution in [0.2, 0.25) is 0 Å². The van der Waals surface area contributed by atoms with Crippen LogP contribution in [0.15, 0.2) is 53.0 Å². The van der Waals surface area contributed by atoms with Gasteiger partial charge in [0.15, 0.2) is 0 Å². The molecule has 0 bridgehead atoms. The molecule has 0 aliphatic rings. The Morgan fingerprint density at radius 1 is 1.06 bits per heavy atom. The van der Waals surface area contributed by atoms with Crippen LogP contribution in [0.4, 0.5) is 10.1 Å². The van der Waals surface area contributed by atoms with Gasteiger partial charge in [0.05, 0.1) is 11.9 Å². The zero-order valence-corrected chi connectivity index (χ0v) is 22.2. The molecule has 2 aromatic carbocycles. The Labute approximate surface area is 209 Å². The van der Waals surface area contributed by atoms with E-state index in [1.54, 1.807) is 31.2 Å². The summed E-state index contributed by atoms with van der Waals surface area (Å²) in [5, 5.41) is 2.85. The molecule has 0 spiro atoms. The Balaban J connectivity index is 2.39. The topological polar surface area (TPSA) is 86.8 Å². The van der Waals surface area contributed by atoms with Gasteiger partial charge in [-0.1, -0.05) is 48.8 Å². The van der Waals surface area contributed by atoms with Crippen LogP contribution in [0.1, 0.15) is 32.8 Å². The smallest absolute Gasteiger partial charge is 0.244 e. The predicted octanol–water partition coefficient (Wildman–Crippen LogP) is 3.93. The van der Waals surface area contributed by atoms with Crippen LogP contribution in [0.5, 0.6) is 0 Å². The predicted molar refractivity (Wildman–Crippen MR) is 135 cm³/mol. The average molecular weight is 556 g/mol. The summed E-state index contributed by atoms with van der Waals surface area (Å²) in [4.78, 5) is 27.8. The number of anilines is 1. The third-order valence-electron chi connectivity index (χ3n) is 5.13. The number of nitrogens with zero attached hydrogens (tertiary/aromatic N) is 2. The number of hydrogen-bond acceptors (Lipinski definition) is 4. The van der Waals surface area contributed by atoms with Gasteiger partial charge in [-0.25, -0.2) is 12.8 Å². The number of rotatable bonds is 11. The maximum Gasteiger partial charge on any atom is 0.244 e. The Kier molecular flexibility index (Phi) is 10.1. The van der Waals surface area contributed by atoms with Crippen molar-refractivity contribution in [3.05, 3.63) is 64.4 Å². The molecule has 186 valence electrons. The molecule has 7 nitrogen and oxygen atoms in total. The number of halogens is 2. The number of nitrogens with one attached hydrogen (secondary N) is 1. The van der Waals surface area contributed by atoms with E-state index in [-0.39, 0.29) is 18.4 Å². The fourth-order valence-electron chi connectivity index (χ4n) is 3.35. The van der Waals surface area contributed by atoms with Gasteiger partial charge in [0.1, 0.15) is 18.4 Å². The van der Waals surface area contributed by atoms with E-state index in [4.69, 9.17) is 0 Å². The lowest BCUT2D eigenvalue weighted by atomic mass is 10.1. The fraction of sp³-hybridized carbons (Fsp3) is 0.417. The second kappa shape index (κ2) is 12.3. The molecular formula is C24H31BrFN3O4S. The van der Waals surface area contributed by atoms with Gasteiger partial charge in [-0.05, 0) is 54.3 Å². The van der Waals surface area contributed by atoms with Crippen LogP contribution in [0.3, 0.4) is 0 Å². The van der Waals surface area contributed by atoms with Gasteiger partial charge in [0, 0.05) is 17.6 Å². The van der Waals surface area contributed by atoms with Gasteiger partial charge in [0.2, 0.25) is 21.8 Å². The highest BCUT2D eigenvalue weighted by molar-refractivity contribution is 9.10. The second-order valence-corrected chi connectivity index (χ2v) is 11.3. The molecule has 0 radical (unpaired) electrons. The highest BCUT2D eigenvalue weighted by Gasteiger charge is 2.31. The van der Waals surface area contributed by atoms with E-state index in [0.29, 0.717) is 24.2 Å². The molecule has 0 aliphatic heterocycles. The SMILES string of the molecule is CCC(C(=O)NCC(C)C)N(Cc1ccc(F)cc1)C(=O)CN(c1ccc(Br)cc1)S(C)(=O)=O. The van der Waals surface area contributed by atoms with Crippen molar-refractivity contribution < 1.29 is 22.4 Å². The molecule has 0 aliphatic carbocycles. The Bertz CT molecular complexity index is 1080. The number of hydrogen-bond donors (Lipinski definition) is 1. The lowest BCUT2D eigenvalue weighted by Gasteiger charge is -2.33. The van der Waals surface area contributed by atoms with Crippen molar-refractivity contribution in [1.29, 1.82) is 0 Å². The molecule has 34 heavy (non-hydrogen) atoms. The molecule has 2 aromatic rings. The van der Waals surface area contributed by atoms with Crippen molar-refractivity contribution in [3.63, 3.8) is 0 Å². The fourth-order valence-corrected chi connectivity index (χ4v) is 4.46. The molecule has 0 saturated carbocycles. The van der Waals surface area contributed by atoms with Gasteiger partial charge in [0.25, 0.3) is 0 Å². The Hall–Kier alpha value is -2.46.